The Kier molecular flexibility index (Phi) is 6.24. The van der Waals surface area contributed by atoms with E-state index in [0.29, 0.717) is 19.5 Å². The first-order valence-corrected chi connectivity index (χ1v) is 10.2. The molecule has 1 atom stereocenters. The molecule has 0 bridgehead atoms. The molecular weight excluding hydrogens is 336 g/mol. The topological polar surface area (TPSA) is 69.6 Å². The number of nitrogens with zero attached hydrogens (tertiary/aromatic N) is 1. The van der Waals surface area contributed by atoms with Gasteiger partial charge in [-0.05, 0) is 37.0 Å². The summed E-state index contributed by atoms with van der Waals surface area (Å²) in [5, 5.41) is 12.7. The highest BCUT2D eigenvalue weighted by Crippen LogP contribution is 2.31. The van der Waals surface area contributed by atoms with Gasteiger partial charge in [0.25, 0.3) is 0 Å². The van der Waals surface area contributed by atoms with Crippen LogP contribution in [0.2, 0.25) is 0 Å². The van der Waals surface area contributed by atoms with E-state index in [1.54, 1.807) is 4.90 Å². The number of aliphatic carboxylic acids is 1. The number of carboxylic acids is 1. The van der Waals surface area contributed by atoms with Crippen LogP contribution >= 0.6 is 11.8 Å². The van der Waals surface area contributed by atoms with Gasteiger partial charge in [-0.15, -0.1) is 0 Å². The maximum absolute atomic E-state index is 12.3. The normalized spacial score (nSPS) is 21.3. The van der Waals surface area contributed by atoms with Crippen molar-refractivity contribution < 1.29 is 14.7 Å². The van der Waals surface area contributed by atoms with Gasteiger partial charge in [0, 0.05) is 29.8 Å². The zero-order chi connectivity index (χ0) is 17.6. The van der Waals surface area contributed by atoms with E-state index in [1.165, 1.54) is 37.7 Å². The second kappa shape index (κ2) is 8.61. The van der Waals surface area contributed by atoms with E-state index in [1.807, 2.05) is 30.0 Å². The molecule has 2 aliphatic rings. The Morgan fingerprint density at radius 3 is 2.72 bits per heavy atom. The number of benzene rings is 1. The molecule has 6 heteroatoms. The summed E-state index contributed by atoms with van der Waals surface area (Å²) >= 11 is 2.02. The number of amides is 2. The minimum absolute atomic E-state index is 0.208. The number of thioether (sulfide) groups is 1. The summed E-state index contributed by atoms with van der Waals surface area (Å²) in [5.74, 6) is -0.292. The van der Waals surface area contributed by atoms with E-state index < -0.39 is 11.9 Å². The Bertz CT molecular complexity index is 616. The van der Waals surface area contributed by atoms with Crippen molar-refractivity contribution in [3.8, 4) is 0 Å². The zero-order valence-electron chi connectivity index (χ0n) is 14.4. The van der Waals surface area contributed by atoms with E-state index in [0.717, 1.165) is 16.7 Å². The molecule has 1 unspecified atom stereocenters. The fourth-order valence-electron chi connectivity index (χ4n) is 3.53. The molecule has 0 aromatic heterocycles. The van der Waals surface area contributed by atoms with Crippen LogP contribution in [0.5, 0.6) is 0 Å². The smallest absolute Gasteiger partial charge is 0.321 e. The van der Waals surface area contributed by atoms with E-state index >= 15 is 0 Å². The van der Waals surface area contributed by atoms with Crippen LogP contribution in [0.4, 0.5) is 10.5 Å². The summed E-state index contributed by atoms with van der Waals surface area (Å²) in [5.41, 5.74) is 2.00. The fourth-order valence-corrected chi connectivity index (χ4v) is 4.81. The maximum atomic E-state index is 12.3. The molecule has 1 aliphatic carbocycles. The Labute approximate surface area is 153 Å². The molecule has 5 nitrogen and oxygen atoms in total. The van der Waals surface area contributed by atoms with Crippen molar-refractivity contribution in [3.63, 3.8) is 0 Å². The molecule has 1 aromatic carbocycles. The summed E-state index contributed by atoms with van der Waals surface area (Å²) in [7, 11) is 0. The van der Waals surface area contributed by atoms with Crippen molar-refractivity contribution in [2.45, 2.75) is 49.5 Å². The molecule has 1 saturated carbocycles. The van der Waals surface area contributed by atoms with E-state index in [-0.39, 0.29) is 6.03 Å². The van der Waals surface area contributed by atoms with Crippen molar-refractivity contribution >= 4 is 29.4 Å². The second-order valence-corrected chi connectivity index (χ2v) is 8.26. The molecule has 1 saturated heterocycles. The van der Waals surface area contributed by atoms with Crippen LogP contribution < -0.4 is 5.32 Å². The van der Waals surface area contributed by atoms with Crippen molar-refractivity contribution in [2.75, 3.05) is 18.4 Å². The highest BCUT2D eigenvalue weighted by molar-refractivity contribution is 7.99. The molecule has 2 N–H and O–H groups in total. The number of likely N-dealkylation sites (tertiary alicyclic amines) is 1. The summed E-state index contributed by atoms with van der Waals surface area (Å²) in [6.07, 6.45) is 7.24. The van der Waals surface area contributed by atoms with Gasteiger partial charge >= 0.3 is 12.0 Å². The molecule has 2 fully saturated rings. The number of carboxylic acid groups (broad SMARTS) is 1. The molecular formula is C19H26N2O3S. The van der Waals surface area contributed by atoms with E-state index in [2.05, 4.69) is 11.4 Å². The number of carbonyl (C=O) groups is 2. The largest absolute Gasteiger partial charge is 0.481 e. The van der Waals surface area contributed by atoms with E-state index in [9.17, 15) is 9.59 Å². The molecule has 0 radical (unpaired) electrons. The SMILES string of the molecule is O=C(O)C1CCN(C(=O)Nc2cccc(CSC3CCCCC3)c2)C1. The van der Waals surface area contributed by atoms with Gasteiger partial charge in [-0.3, -0.25) is 4.79 Å². The third-order valence-corrected chi connectivity index (χ3v) is 6.48. The Balaban J connectivity index is 1.51. The first-order chi connectivity index (χ1) is 12.1. The van der Waals surface area contributed by atoms with Crippen LogP contribution in [0.1, 0.15) is 44.1 Å². The standard InChI is InChI=1S/C19H26N2O3S/c22-18(23)15-9-10-21(12-15)19(24)20-16-6-4-5-14(11-16)13-25-17-7-2-1-3-8-17/h4-6,11,15,17H,1-3,7-10,12-13H2,(H,20,24)(H,22,23). The Morgan fingerprint density at radius 1 is 1.20 bits per heavy atom. The average molecular weight is 362 g/mol. The van der Waals surface area contributed by atoms with Gasteiger partial charge in [-0.2, -0.15) is 11.8 Å². The Hall–Kier alpha value is -1.69. The number of hydrogen-bond acceptors (Lipinski definition) is 3. The predicted octanol–water partition coefficient (Wildman–Crippen LogP) is 4.19. The lowest BCUT2D eigenvalue weighted by molar-refractivity contribution is -0.141. The minimum Gasteiger partial charge on any atom is -0.481 e. The highest BCUT2D eigenvalue weighted by Gasteiger charge is 2.30. The minimum atomic E-state index is -0.822. The van der Waals surface area contributed by atoms with Crippen LogP contribution in [0.15, 0.2) is 24.3 Å². The molecule has 1 aromatic rings. The lowest BCUT2D eigenvalue weighted by atomic mass is 10.0. The summed E-state index contributed by atoms with van der Waals surface area (Å²) < 4.78 is 0. The first kappa shape index (κ1) is 18.1. The molecule has 3 rings (SSSR count). The van der Waals surface area contributed by atoms with Crippen LogP contribution in [0.3, 0.4) is 0 Å². The fraction of sp³-hybridized carbons (Fsp3) is 0.579. The quantitative estimate of drug-likeness (QED) is 0.824. The summed E-state index contributed by atoms with van der Waals surface area (Å²) in [6, 6.07) is 7.77. The van der Waals surface area contributed by atoms with Crippen LogP contribution in [-0.4, -0.2) is 40.3 Å². The molecule has 136 valence electrons. The van der Waals surface area contributed by atoms with Gasteiger partial charge in [0.1, 0.15) is 0 Å². The number of rotatable bonds is 5. The molecule has 2 amide bonds. The Morgan fingerprint density at radius 2 is 2.00 bits per heavy atom. The average Bonchev–Trinajstić information content (AvgIpc) is 3.12. The number of nitrogens with one attached hydrogen (secondary N) is 1. The monoisotopic (exact) mass is 362 g/mol. The van der Waals surface area contributed by atoms with Gasteiger partial charge in [-0.25, -0.2) is 4.79 Å². The lowest BCUT2D eigenvalue weighted by Crippen LogP contribution is -2.33. The van der Waals surface area contributed by atoms with Gasteiger partial charge in [-0.1, -0.05) is 31.4 Å². The number of carbonyl (C=O) groups excluding carboxylic acids is 1. The van der Waals surface area contributed by atoms with Crippen molar-refractivity contribution in [1.29, 1.82) is 0 Å². The van der Waals surface area contributed by atoms with Crippen LogP contribution in [0.25, 0.3) is 0 Å². The third kappa shape index (κ3) is 5.14. The van der Waals surface area contributed by atoms with Gasteiger partial charge in [0.15, 0.2) is 0 Å². The van der Waals surface area contributed by atoms with Gasteiger partial charge < -0.3 is 15.3 Å². The molecule has 1 heterocycles. The van der Waals surface area contributed by atoms with Crippen molar-refractivity contribution in [1.82, 2.24) is 4.90 Å². The number of hydrogen-bond donors (Lipinski definition) is 2. The maximum Gasteiger partial charge on any atom is 0.321 e. The summed E-state index contributed by atoms with van der Waals surface area (Å²) in [4.78, 5) is 24.9. The summed E-state index contributed by atoms with van der Waals surface area (Å²) in [6.45, 7) is 0.790. The zero-order valence-corrected chi connectivity index (χ0v) is 15.3. The highest BCUT2D eigenvalue weighted by atomic mass is 32.2. The lowest BCUT2D eigenvalue weighted by Gasteiger charge is -2.21. The van der Waals surface area contributed by atoms with E-state index in [4.69, 9.17) is 5.11 Å². The van der Waals surface area contributed by atoms with Crippen LogP contribution in [0, 0.1) is 5.92 Å². The van der Waals surface area contributed by atoms with Gasteiger partial charge in [0.05, 0.1) is 5.92 Å². The van der Waals surface area contributed by atoms with Crippen molar-refractivity contribution in [2.24, 2.45) is 5.92 Å². The third-order valence-electron chi connectivity index (χ3n) is 5.04. The molecule has 0 spiro atoms. The van der Waals surface area contributed by atoms with Crippen LogP contribution in [-0.2, 0) is 10.5 Å². The second-order valence-electron chi connectivity index (χ2n) is 6.97. The first-order valence-electron chi connectivity index (χ1n) is 9.11. The van der Waals surface area contributed by atoms with Gasteiger partial charge in [0.2, 0.25) is 0 Å². The van der Waals surface area contributed by atoms with Crippen molar-refractivity contribution in [3.05, 3.63) is 29.8 Å². The molecule has 1 aliphatic heterocycles. The molecule has 25 heavy (non-hydrogen) atoms. The predicted molar refractivity (Wildman–Crippen MR) is 101 cm³/mol. The number of urea groups is 1. The number of anilines is 1.